The van der Waals surface area contributed by atoms with Crippen LogP contribution < -0.4 is 0 Å². The second-order valence-corrected chi connectivity index (χ2v) is 5.82. The average molecular weight is 246 g/mol. The molecule has 1 aliphatic carbocycles. The summed E-state index contributed by atoms with van der Waals surface area (Å²) < 4.78 is 0. The zero-order valence-electron chi connectivity index (χ0n) is 12.2. The minimum absolute atomic E-state index is 0.496. The fraction of sp³-hybridized carbons (Fsp3) is 0.688. The molecule has 2 heteroatoms. The Morgan fingerprint density at radius 1 is 1.11 bits per heavy atom. The van der Waals surface area contributed by atoms with Crippen molar-refractivity contribution < 1.29 is 0 Å². The summed E-state index contributed by atoms with van der Waals surface area (Å²) in [5.41, 5.74) is 4.12. The van der Waals surface area contributed by atoms with Gasteiger partial charge in [0.1, 0.15) is 0 Å². The normalized spacial score (nSPS) is 19.2. The van der Waals surface area contributed by atoms with Crippen molar-refractivity contribution in [2.45, 2.75) is 65.0 Å². The Kier molecular flexibility index (Phi) is 4.39. The lowest BCUT2D eigenvalue weighted by Gasteiger charge is -2.36. The van der Waals surface area contributed by atoms with Gasteiger partial charge in [-0.1, -0.05) is 19.3 Å². The number of pyridine rings is 1. The second kappa shape index (κ2) is 5.83. The van der Waals surface area contributed by atoms with Gasteiger partial charge in [0.25, 0.3) is 0 Å². The molecule has 2 nitrogen and oxygen atoms in total. The first-order valence-electron chi connectivity index (χ1n) is 7.24. The standard InChI is InChI=1S/C16H26N2/c1-12-10-17-11-13(2)16(12)14(3)18(4)15-8-6-5-7-9-15/h10-11,14-15H,5-9H2,1-4H3. The van der Waals surface area contributed by atoms with E-state index in [9.17, 15) is 0 Å². The van der Waals surface area contributed by atoms with Crippen molar-refractivity contribution in [3.63, 3.8) is 0 Å². The predicted molar refractivity (Wildman–Crippen MR) is 76.8 cm³/mol. The molecule has 0 aromatic carbocycles. The summed E-state index contributed by atoms with van der Waals surface area (Å²) in [6, 6.07) is 1.26. The van der Waals surface area contributed by atoms with Crippen LogP contribution in [0.5, 0.6) is 0 Å². The van der Waals surface area contributed by atoms with Crippen LogP contribution >= 0.6 is 0 Å². The van der Waals surface area contributed by atoms with Gasteiger partial charge in [-0.15, -0.1) is 0 Å². The summed E-state index contributed by atoms with van der Waals surface area (Å²) in [4.78, 5) is 6.86. The fourth-order valence-electron chi connectivity index (χ4n) is 3.38. The van der Waals surface area contributed by atoms with Crippen LogP contribution in [0.1, 0.15) is 61.8 Å². The molecule has 0 N–H and O–H groups in total. The molecule has 0 aliphatic heterocycles. The topological polar surface area (TPSA) is 16.1 Å². The molecule has 100 valence electrons. The van der Waals surface area contributed by atoms with Crippen LogP contribution in [0.25, 0.3) is 0 Å². The van der Waals surface area contributed by atoms with Crippen molar-refractivity contribution in [3.05, 3.63) is 29.1 Å². The lowest BCUT2D eigenvalue weighted by atomic mass is 9.91. The van der Waals surface area contributed by atoms with E-state index in [1.807, 2.05) is 12.4 Å². The molecule has 2 rings (SSSR count). The second-order valence-electron chi connectivity index (χ2n) is 5.82. The van der Waals surface area contributed by atoms with Crippen molar-refractivity contribution in [2.75, 3.05) is 7.05 Å². The molecule has 18 heavy (non-hydrogen) atoms. The molecule has 1 unspecified atom stereocenters. The summed E-state index contributed by atoms with van der Waals surface area (Å²) in [6.07, 6.45) is 10.9. The summed E-state index contributed by atoms with van der Waals surface area (Å²) >= 11 is 0. The highest BCUT2D eigenvalue weighted by molar-refractivity contribution is 5.32. The molecule has 1 fully saturated rings. The van der Waals surface area contributed by atoms with E-state index < -0.39 is 0 Å². The summed E-state index contributed by atoms with van der Waals surface area (Å²) in [6.45, 7) is 6.70. The lowest BCUT2D eigenvalue weighted by molar-refractivity contribution is 0.146. The highest BCUT2D eigenvalue weighted by Crippen LogP contribution is 2.31. The highest BCUT2D eigenvalue weighted by atomic mass is 15.2. The maximum atomic E-state index is 4.28. The van der Waals surface area contributed by atoms with E-state index in [1.54, 1.807) is 0 Å². The van der Waals surface area contributed by atoms with Gasteiger partial charge in [0.2, 0.25) is 0 Å². The zero-order valence-corrected chi connectivity index (χ0v) is 12.2. The lowest BCUT2D eigenvalue weighted by Crippen LogP contribution is -2.36. The SMILES string of the molecule is Cc1cncc(C)c1C(C)N(C)C1CCCCC1. The van der Waals surface area contributed by atoms with Crippen molar-refractivity contribution in [3.8, 4) is 0 Å². The van der Waals surface area contributed by atoms with E-state index in [0.717, 1.165) is 6.04 Å². The molecule has 1 heterocycles. The smallest absolute Gasteiger partial charge is 0.0326 e. The minimum Gasteiger partial charge on any atom is -0.297 e. The van der Waals surface area contributed by atoms with E-state index in [0.29, 0.717) is 6.04 Å². The first-order valence-corrected chi connectivity index (χ1v) is 7.24. The fourth-order valence-corrected chi connectivity index (χ4v) is 3.38. The Morgan fingerprint density at radius 2 is 1.67 bits per heavy atom. The van der Waals surface area contributed by atoms with E-state index in [2.05, 4.69) is 37.7 Å². The van der Waals surface area contributed by atoms with Crippen LogP contribution in [-0.2, 0) is 0 Å². The molecule has 0 saturated heterocycles. The predicted octanol–water partition coefficient (Wildman–Crippen LogP) is 4.02. The van der Waals surface area contributed by atoms with Gasteiger partial charge in [-0.2, -0.15) is 0 Å². The molecule has 0 amide bonds. The third-order valence-corrected chi connectivity index (χ3v) is 4.57. The van der Waals surface area contributed by atoms with Crippen molar-refractivity contribution >= 4 is 0 Å². The maximum absolute atomic E-state index is 4.28. The zero-order chi connectivity index (χ0) is 13.1. The van der Waals surface area contributed by atoms with Crippen molar-refractivity contribution in [2.24, 2.45) is 0 Å². The van der Waals surface area contributed by atoms with Gasteiger partial charge in [-0.05, 0) is 57.4 Å². The average Bonchev–Trinajstić information content (AvgIpc) is 2.38. The van der Waals surface area contributed by atoms with E-state index >= 15 is 0 Å². The highest BCUT2D eigenvalue weighted by Gasteiger charge is 2.24. The monoisotopic (exact) mass is 246 g/mol. The quantitative estimate of drug-likeness (QED) is 0.800. The van der Waals surface area contributed by atoms with Crippen molar-refractivity contribution in [1.82, 2.24) is 9.88 Å². The van der Waals surface area contributed by atoms with Gasteiger partial charge >= 0.3 is 0 Å². The Hall–Kier alpha value is -0.890. The van der Waals surface area contributed by atoms with Crippen LogP contribution in [-0.4, -0.2) is 23.0 Å². The van der Waals surface area contributed by atoms with Gasteiger partial charge < -0.3 is 0 Å². The molecule has 1 atom stereocenters. The number of nitrogens with zero attached hydrogens (tertiary/aromatic N) is 2. The first kappa shape index (κ1) is 13.5. The number of hydrogen-bond acceptors (Lipinski definition) is 2. The summed E-state index contributed by atoms with van der Waals surface area (Å²) in [7, 11) is 2.29. The van der Waals surface area contributed by atoms with E-state index in [4.69, 9.17) is 0 Å². The number of aromatic nitrogens is 1. The van der Waals surface area contributed by atoms with Gasteiger partial charge in [0.05, 0.1) is 0 Å². The van der Waals surface area contributed by atoms with Gasteiger partial charge in [-0.3, -0.25) is 9.88 Å². The minimum atomic E-state index is 0.496. The Morgan fingerprint density at radius 3 is 2.22 bits per heavy atom. The largest absolute Gasteiger partial charge is 0.297 e. The van der Waals surface area contributed by atoms with Crippen LogP contribution in [0.15, 0.2) is 12.4 Å². The maximum Gasteiger partial charge on any atom is 0.0326 e. The number of aryl methyl sites for hydroxylation is 2. The molecule has 0 spiro atoms. The molecular weight excluding hydrogens is 220 g/mol. The van der Waals surface area contributed by atoms with Crippen LogP contribution in [0.3, 0.4) is 0 Å². The molecule has 1 aromatic rings. The Balaban J connectivity index is 2.16. The molecule has 0 bridgehead atoms. The van der Waals surface area contributed by atoms with Crippen LogP contribution in [0, 0.1) is 13.8 Å². The summed E-state index contributed by atoms with van der Waals surface area (Å²) in [5, 5.41) is 0. The third kappa shape index (κ3) is 2.74. The van der Waals surface area contributed by atoms with Crippen LogP contribution in [0.2, 0.25) is 0 Å². The summed E-state index contributed by atoms with van der Waals surface area (Å²) in [5.74, 6) is 0. The molecular formula is C16H26N2. The van der Waals surface area contributed by atoms with Gasteiger partial charge in [0.15, 0.2) is 0 Å². The molecule has 0 radical (unpaired) electrons. The third-order valence-electron chi connectivity index (χ3n) is 4.57. The molecule has 1 aromatic heterocycles. The van der Waals surface area contributed by atoms with E-state index in [-0.39, 0.29) is 0 Å². The van der Waals surface area contributed by atoms with Gasteiger partial charge in [0, 0.05) is 24.5 Å². The number of hydrogen-bond donors (Lipinski definition) is 0. The molecule has 1 saturated carbocycles. The van der Waals surface area contributed by atoms with E-state index in [1.165, 1.54) is 48.8 Å². The van der Waals surface area contributed by atoms with Crippen molar-refractivity contribution in [1.29, 1.82) is 0 Å². The Bertz CT molecular complexity index is 374. The van der Waals surface area contributed by atoms with Crippen LogP contribution in [0.4, 0.5) is 0 Å². The van der Waals surface area contributed by atoms with Gasteiger partial charge in [-0.25, -0.2) is 0 Å². The Labute approximate surface area is 111 Å². The first-order chi connectivity index (χ1) is 8.61. The number of rotatable bonds is 3. The molecule has 1 aliphatic rings.